The van der Waals surface area contributed by atoms with Gasteiger partial charge in [-0.1, -0.05) is 268 Å². The van der Waals surface area contributed by atoms with Crippen LogP contribution in [0.4, 0.5) is 0 Å². The zero-order valence-electron chi connectivity index (χ0n) is 52.7. The summed E-state index contributed by atoms with van der Waals surface area (Å²) in [4.78, 5) is 38.3. The summed E-state index contributed by atoms with van der Waals surface area (Å²) in [5.41, 5.74) is 0. The molecule has 0 bridgehead atoms. The summed E-state index contributed by atoms with van der Waals surface area (Å²) in [7, 11) is 0. The number of esters is 3. The highest BCUT2D eigenvalue weighted by molar-refractivity contribution is 5.71. The Kier molecular flexibility index (Phi) is 63.9. The molecule has 0 saturated heterocycles. The summed E-state index contributed by atoms with van der Waals surface area (Å²) in [6.45, 7) is 6.35. The van der Waals surface area contributed by atoms with Gasteiger partial charge in [0.25, 0.3) is 0 Å². The van der Waals surface area contributed by atoms with Crippen molar-refractivity contribution in [3.05, 3.63) is 170 Å². The van der Waals surface area contributed by atoms with Crippen molar-refractivity contribution in [2.24, 2.45) is 0 Å². The first-order chi connectivity index (χ1) is 40.5. The number of carbonyl (C=O) groups excluding carboxylic acids is 3. The summed E-state index contributed by atoms with van der Waals surface area (Å²) in [5.74, 6) is -0.960. The lowest BCUT2D eigenvalue weighted by Crippen LogP contribution is -2.30. The van der Waals surface area contributed by atoms with Gasteiger partial charge in [-0.3, -0.25) is 14.4 Å². The first-order valence-electron chi connectivity index (χ1n) is 33.1. The molecule has 0 radical (unpaired) electrons. The van der Waals surface area contributed by atoms with Crippen LogP contribution in [0.15, 0.2) is 170 Å². The van der Waals surface area contributed by atoms with Crippen LogP contribution in [0.25, 0.3) is 0 Å². The van der Waals surface area contributed by atoms with E-state index >= 15 is 0 Å². The molecule has 0 aromatic carbocycles. The van der Waals surface area contributed by atoms with E-state index in [2.05, 4.69) is 191 Å². The molecule has 460 valence electrons. The molecule has 0 rings (SSSR count). The Morgan fingerprint density at radius 1 is 0.256 bits per heavy atom. The van der Waals surface area contributed by atoms with Crippen molar-refractivity contribution in [2.45, 2.75) is 277 Å². The van der Waals surface area contributed by atoms with Crippen LogP contribution in [0.2, 0.25) is 0 Å². The standard InChI is InChI=1S/C76H120O6/c1-4-7-10-13-16-19-22-25-28-30-31-32-33-34-35-36-37-38-39-40-41-42-43-44-45-47-48-51-54-57-60-63-66-69-75(78)81-72-73(71-80-74(77)68-65-62-59-56-53-50-27-24-21-18-15-12-9-6-3)82-76(79)70-67-64-61-58-55-52-49-46-29-26-23-20-17-14-11-8-5-2/h7-8,10-11,16-17,19-20,24-29,31-32,34-35,37-38,40-41,43-44,47-49,52,73H,4-6,9,12-15,18,21-23,30,33,36,39,42,45-46,50-51,53-72H2,1-3H3/b10-7-,11-8-,19-16-,20-17-,27-24-,28-25-,29-26-,32-31-,35-34-,38-37-,41-40-,44-43-,48-47-,52-49-. The average molecular weight is 1130 g/mol. The number of hydrogen-bond donors (Lipinski definition) is 0. The molecule has 1 atom stereocenters. The second kappa shape index (κ2) is 68.3. The molecule has 0 amide bonds. The molecule has 6 nitrogen and oxygen atoms in total. The fourth-order valence-electron chi connectivity index (χ4n) is 8.54. The summed E-state index contributed by atoms with van der Waals surface area (Å²) >= 11 is 0. The van der Waals surface area contributed by atoms with E-state index in [9.17, 15) is 14.4 Å². The first kappa shape index (κ1) is 76.8. The number of rotatable bonds is 58. The Morgan fingerprint density at radius 3 is 0.756 bits per heavy atom. The summed E-state index contributed by atoms with van der Waals surface area (Å²) in [6.07, 6.45) is 101. The van der Waals surface area contributed by atoms with Crippen LogP contribution < -0.4 is 0 Å². The molecular weight excluding hydrogens is 1010 g/mol. The molecule has 0 aromatic heterocycles. The van der Waals surface area contributed by atoms with Crippen molar-refractivity contribution < 1.29 is 28.6 Å². The summed E-state index contributed by atoms with van der Waals surface area (Å²) in [6, 6.07) is 0. The molecule has 0 saturated carbocycles. The van der Waals surface area contributed by atoms with Crippen LogP contribution in [0.1, 0.15) is 271 Å². The number of unbranched alkanes of at least 4 members (excludes halogenated alkanes) is 19. The maximum Gasteiger partial charge on any atom is 0.306 e. The number of allylic oxidation sites excluding steroid dienone is 28. The number of hydrogen-bond acceptors (Lipinski definition) is 6. The van der Waals surface area contributed by atoms with E-state index in [1.165, 1.54) is 44.9 Å². The van der Waals surface area contributed by atoms with E-state index in [1.54, 1.807) is 0 Å². The quantitative estimate of drug-likeness (QED) is 0.0261. The van der Waals surface area contributed by atoms with Crippen LogP contribution >= 0.6 is 0 Å². The Hall–Kier alpha value is -5.23. The third kappa shape index (κ3) is 65.6. The van der Waals surface area contributed by atoms with Gasteiger partial charge in [0.05, 0.1) is 0 Å². The fraction of sp³-hybridized carbons (Fsp3) is 0.592. The monoisotopic (exact) mass is 1130 g/mol. The van der Waals surface area contributed by atoms with Crippen molar-refractivity contribution in [3.63, 3.8) is 0 Å². The molecule has 0 fully saturated rings. The van der Waals surface area contributed by atoms with Crippen LogP contribution in [-0.2, 0) is 28.6 Å². The zero-order valence-corrected chi connectivity index (χ0v) is 52.7. The van der Waals surface area contributed by atoms with Gasteiger partial charge in [0.1, 0.15) is 13.2 Å². The minimum atomic E-state index is -0.812. The molecule has 0 aromatic rings. The van der Waals surface area contributed by atoms with E-state index in [4.69, 9.17) is 14.2 Å². The predicted octanol–water partition coefficient (Wildman–Crippen LogP) is 23.0. The highest BCUT2D eigenvalue weighted by Crippen LogP contribution is 2.14. The second-order valence-electron chi connectivity index (χ2n) is 21.3. The molecule has 1 unspecified atom stereocenters. The van der Waals surface area contributed by atoms with Gasteiger partial charge in [0.2, 0.25) is 0 Å². The van der Waals surface area contributed by atoms with E-state index in [-0.39, 0.29) is 37.5 Å². The number of ether oxygens (including phenoxy) is 3. The van der Waals surface area contributed by atoms with Gasteiger partial charge in [0.15, 0.2) is 6.10 Å². The van der Waals surface area contributed by atoms with E-state index in [1.807, 2.05) is 0 Å². The van der Waals surface area contributed by atoms with Crippen LogP contribution in [0.5, 0.6) is 0 Å². The minimum Gasteiger partial charge on any atom is -0.462 e. The summed E-state index contributed by atoms with van der Waals surface area (Å²) < 4.78 is 16.9. The normalized spacial score (nSPS) is 13.3. The van der Waals surface area contributed by atoms with E-state index in [0.717, 1.165) is 186 Å². The Balaban J connectivity index is 4.40. The SMILES string of the molecule is CC/C=C\C/C=C\C/C=C\C/C=C\C/C=C\C/C=C\C/C=C\C/C=C\C/C=C\CCCCCCCC(=O)OCC(COC(=O)CCCCCCC/C=C\CCCCCCC)OC(=O)CCCCCC/C=C\C/C=C\C/C=C\C/C=C\CC. The van der Waals surface area contributed by atoms with Crippen molar-refractivity contribution in [1.82, 2.24) is 0 Å². The summed E-state index contributed by atoms with van der Waals surface area (Å²) in [5, 5.41) is 0. The second-order valence-corrected chi connectivity index (χ2v) is 21.3. The topological polar surface area (TPSA) is 78.9 Å². The van der Waals surface area contributed by atoms with Crippen molar-refractivity contribution >= 4 is 17.9 Å². The largest absolute Gasteiger partial charge is 0.462 e. The molecule has 82 heavy (non-hydrogen) atoms. The third-order valence-corrected chi connectivity index (χ3v) is 13.4. The average Bonchev–Trinajstić information content (AvgIpc) is 3.47. The fourth-order valence-corrected chi connectivity index (χ4v) is 8.54. The lowest BCUT2D eigenvalue weighted by atomic mass is 10.1. The maximum absolute atomic E-state index is 12.9. The van der Waals surface area contributed by atoms with E-state index in [0.29, 0.717) is 12.8 Å². The molecule has 0 aliphatic heterocycles. The van der Waals surface area contributed by atoms with Crippen molar-refractivity contribution in [1.29, 1.82) is 0 Å². The third-order valence-electron chi connectivity index (χ3n) is 13.4. The minimum absolute atomic E-state index is 0.105. The number of carbonyl (C=O) groups is 3. The molecule has 0 spiro atoms. The highest BCUT2D eigenvalue weighted by Gasteiger charge is 2.19. The van der Waals surface area contributed by atoms with E-state index < -0.39 is 6.10 Å². The van der Waals surface area contributed by atoms with Gasteiger partial charge in [-0.15, -0.1) is 0 Å². The van der Waals surface area contributed by atoms with Crippen LogP contribution in [-0.4, -0.2) is 37.2 Å². The van der Waals surface area contributed by atoms with Gasteiger partial charge in [-0.25, -0.2) is 0 Å². The van der Waals surface area contributed by atoms with Gasteiger partial charge in [-0.05, 0) is 154 Å². The van der Waals surface area contributed by atoms with Crippen LogP contribution in [0.3, 0.4) is 0 Å². The van der Waals surface area contributed by atoms with Gasteiger partial charge in [-0.2, -0.15) is 0 Å². The van der Waals surface area contributed by atoms with Crippen molar-refractivity contribution in [3.8, 4) is 0 Å². The smallest absolute Gasteiger partial charge is 0.306 e. The lowest BCUT2D eigenvalue weighted by molar-refractivity contribution is -0.167. The van der Waals surface area contributed by atoms with Crippen molar-refractivity contribution in [2.75, 3.05) is 13.2 Å². The Bertz CT molecular complexity index is 1870. The van der Waals surface area contributed by atoms with Gasteiger partial charge in [0, 0.05) is 19.3 Å². The molecule has 0 aliphatic rings. The molecule has 0 aliphatic carbocycles. The molecule has 6 heteroatoms. The first-order valence-corrected chi connectivity index (χ1v) is 33.1. The molecule has 0 N–H and O–H groups in total. The molecule has 0 heterocycles. The zero-order chi connectivity index (χ0) is 59.2. The maximum atomic E-state index is 12.9. The lowest BCUT2D eigenvalue weighted by Gasteiger charge is -2.18. The Labute approximate surface area is 504 Å². The van der Waals surface area contributed by atoms with Gasteiger partial charge < -0.3 is 14.2 Å². The molecular formula is C76H120O6. The Morgan fingerprint density at radius 2 is 0.476 bits per heavy atom. The van der Waals surface area contributed by atoms with Crippen LogP contribution in [0, 0.1) is 0 Å². The predicted molar refractivity (Wildman–Crippen MR) is 357 cm³/mol. The van der Waals surface area contributed by atoms with Gasteiger partial charge >= 0.3 is 17.9 Å². The highest BCUT2D eigenvalue weighted by atomic mass is 16.6.